The predicted molar refractivity (Wildman–Crippen MR) is 85.7 cm³/mol. The summed E-state index contributed by atoms with van der Waals surface area (Å²) in [5.41, 5.74) is -0.844. The molecule has 11 heteroatoms. The van der Waals surface area contributed by atoms with Gasteiger partial charge < -0.3 is 14.3 Å². The molecule has 0 saturated heterocycles. The number of carbonyl (C=O) groups excluding carboxylic acids is 2. The van der Waals surface area contributed by atoms with E-state index in [-0.39, 0.29) is 25.6 Å². The highest BCUT2D eigenvalue weighted by atomic mass is 19.4. The fourth-order valence-corrected chi connectivity index (χ4v) is 1.62. The van der Waals surface area contributed by atoms with Crippen LogP contribution in [0.2, 0.25) is 0 Å². The SMILES string of the molecule is CCOC(=O)NC(=O)[C@@H](C#N)/C=N/OCCOc1cccc(C(F)(F)F)c1. The summed E-state index contributed by atoms with van der Waals surface area (Å²) in [6.45, 7) is 1.33. The third-order valence-corrected chi connectivity index (χ3v) is 2.81. The highest BCUT2D eigenvalue weighted by molar-refractivity contribution is 6.02. The van der Waals surface area contributed by atoms with Crippen LogP contribution in [0.4, 0.5) is 18.0 Å². The first-order valence-electron chi connectivity index (χ1n) is 7.60. The second-order valence-electron chi connectivity index (χ2n) is 4.78. The van der Waals surface area contributed by atoms with E-state index < -0.39 is 29.7 Å². The Morgan fingerprint density at radius 3 is 2.74 bits per heavy atom. The molecule has 0 saturated carbocycles. The molecular formula is C16H16F3N3O5. The molecule has 1 aromatic rings. The number of alkyl carbamates (subject to hydrolysis) is 1. The van der Waals surface area contributed by atoms with Gasteiger partial charge in [0.15, 0.2) is 12.5 Å². The van der Waals surface area contributed by atoms with Gasteiger partial charge in [0.2, 0.25) is 0 Å². The summed E-state index contributed by atoms with van der Waals surface area (Å²) in [6, 6.07) is 5.91. The summed E-state index contributed by atoms with van der Waals surface area (Å²) in [6.07, 6.45) is -4.61. The summed E-state index contributed by atoms with van der Waals surface area (Å²) in [4.78, 5) is 27.4. The summed E-state index contributed by atoms with van der Waals surface area (Å²) in [7, 11) is 0. The third-order valence-electron chi connectivity index (χ3n) is 2.81. The summed E-state index contributed by atoms with van der Waals surface area (Å²) in [5, 5.41) is 14.1. The monoisotopic (exact) mass is 387 g/mol. The number of ether oxygens (including phenoxy) is 2. The van der Waals surface area contributed by atoms with Gasteiger partial charge in [-0.2, -0.15) is 18.4 Å². The molecular weight excluding hydrogens is 371 g/mol. The minimum Gasteiger partial charge on any atom is -0.490 e. The van der Waals surface area contributed by atoms with Crippen molar-refractivity contribution in [3.63, 3.8) is 0 Å². The second-order valence-corrected chi connectivity index (χ2v) is 4.78. The first kappa shape index (κ1) is 21.8. The first-order chi connectivity index (χ1) is 12.8. The maximum absolute atomic E-state index is 12.6. The maximum Gasteiger partial charge on any atom is 0.416 e. The van der Waals surface area contributed by atoms with E-state index >= 15 is 0 Å². The predicted octanol–water partition coefficient (Wildman–Crippen LogP) is 2.50. The lowest BCUT2D eigenvalue weighted by molar-refractivity contribution is -0.137. The fraction of sp³-hybridized carbons (Fsp3) is 0.375. The Balaban J connectivity index is 2.39. The van der Waals surface area contributed by atoms with Crippen LogP contribution in [0.3, 0.4) is 0 Å². The standard InChI is InChI=1S/C16H16F3N3O5/c1-2-25-15(24)22-14(23)11(9-20)10-21-27-7-6-26-13-5-3-4-12(8-13)16(17,18)19/h3-5,8,10-11H,2,6-7H2,1H3,(H,22,23,24)/b21-10+/t11-/m0/s1. The summed E-state index contributed by atoms with van der Waals surface area (Å²) in [5.74, 6) is -2.33. The largest absolute Gasteiger partial charge is 0.490 e. The second kappa shape index (κ2) is 10.6. The van der Waals surface area contributed by atoms with Crippen molar-refractivity contribution in [2.45, 2.75) is 13.1 Å². The number of imide groups is 1. The van der Waals surface area contributed by atoms with Crippen molar-refractivity contribution in [2.75, 3.05) is 19.8 Å². The molecule has 1 rings (SSSR count). The molecule has 27 heavy (non-hydrogen) atoms. The topological polar surface area (TPSA) is 110 Å². The van der Waals surface area contributed by atoms with Crippen LogP contribution in [0.5, 0.6) is 5.75 Å². The Bertz CT molecular complexity index is 716. The van der Waals surface area contributed by atoms with E-state index in [0.29, 0.717) is 0 Å². The van der Waals surface area contributed by atoms with Crippen molar-refractivity contribution in [1.29, 1.82) is 5.26 Å². The molecule has 146 valence electrons. The van der Waals surface area contributed by atoms with Crippen LogP contribution in [-0.2, 0) is 20.5 Å². The Morgan fingerprint density at radius 2 is 2.11 bits per heavy atom. The number of alkyl halides is 3. The van der Waals surface area contributed by atoms with E-state index in [1.165, 1.54) is 12.1 Å². The molecule has 0 fully saturated rings. The van der Waals surface area contributed by atoms with Gasteiger partial charge in [-0.15, -0.1) is 0 Å². The van der Waals surface area contributed by atoms with Gasteiger partial charge in [0.05, 0.1) is 24.5 Å². The van der Waals surface area contributed by atoms with Gasteiger partial charge in [-0.05, 0) is 25.1 Å². The average Bonchev–Trinajstić information content (AvgIpc) is 2.60. The minimum absolute atomic E-state index is 0.00104. The zero-order valence-corrected chi connectivity index (χ0v) is 14.2. The zero-order valence-electron chi connectivity index (χ0n) is 14.2. The van der Waals surface area contributed by atoms with Gasteiger partial charge in [0.1, 0.15) is 12.4 Å². The van der Waals surface area contributed by atoms with Crippen molar-refractivity contribution in [2.24, 2.45) is 11.1 Å². The molecule has 0 radical (unpaired) electrons. The molecule has 0 bridgehead atoms. The van der Waals surface area contributed by atoms with Crippen molar-refractivity contribution in [1.82, 2.24) is 5.32 Å². The van der Waals surface area contributed by atoms with Crippen LogP contribution in [-0.4, -0.2) is 38.0 Å². The molecule has 0 unspecified atom stereocenters. The van der Waals surface area contributed by atoms with Crippen molar-refractivity contribution in [3.05, 3.63) is 29.8 Å². The highest BCUT2D eigenvalue weighted by Gasteiger charge is 2.30. The number of oxime groups is 1. The molecule has 8 nitrogen and oxygen atoms in total. The van der Waals surface area contributed by atoms with Crippen LogP contribution in [0, 0.1) is 17.2 Å². The number of hydrogen-bond acceptors (Lipinski definition) is 7. The van der Waals surface area contributed by atoms with Crippen molar-refractivity contribution >= 4 is 18.2 Å². The Morgan fingerprint density at radius 1 is 1.37 bits per heavy atom. The van der Waals surface area contributed by atoms with Gasteiger partial charge in [-0.1, -0.05) is 11.2 Å². The van der Waals surface area contributed by atoms with Crippen molar-refractivity contribution in [3.8, 4) is 11.8 Å². The smallest absolute Gasteiger partial charge is 0.416 e. The molecule has 0 aliphatic heterocycles. The first-order valence-corrected chi connectivity index (χ1v) is 7.60. The lowest BCUT2D eigenvalue weighted by Crippen LogP contribution is -2.36. The number of nitrogens with one attached hydrogen (secondary N) is 1. The molecule has 2 amide bonds. The summed E-state index contributed by atoms with van der Waals surface area (Å²) >= 11 is 0. The molecule has 1 aromatic carbocycles. The van der Waals surface area contributed by atoms with Crippen LogP contribution < -0.4 is 10.1 Å². The lowest BCUT2D eigenvalue weighted by atomic mass is 10.2. The van der Waals surface area contributed by atoms with Crippen LogP contribution >= 0.6 is 0 Å². The van der Waals surface area contributed by atoms with Gasteiger partial charge in [0.25, 0.3) is 5.91 Å². The Labute approximate surface area is 152 Å². The van der Waals surface area contributed by atoms with Gasteiger partial charge in [-0.25, -0.2) is 4.79 Å². The molecule has 1 N–H and O–H groups in total. The molecule has 0 aliphatic carbocycles. The number of nitrogens with zero attached hydrogens (tertiary/aromatic N) is 2. The Kier molecular flexibility index (Phi) is 8.58. The van der Waals surface area contributed by atoms with E-state index in [1.807, 2.05) is 5.32 Å². The van der Waals surface area contributed by atoms with E-state index in [2.05, 4.69) is 9.89 Å². The third kappa shape index (κ3) is 8.08. The van der Waals surface area contributed by atoms with Crippen LogP contribution in [0.1, 0.15) is 12.5 Å². The van der Waals surface area contributed by atoms with Gasteiger partial charge >= 0.3 is 12.3 Å². The van der Waals surface area contributed by atoms with E-state index in [9.17, 15) is 22.8 Å². The molecule has 0 aromatic heterocycles. The zero-order chi connectivity index (χ0) is 20.3. The normalized spacial score (nSPS) is 12.1. The Hall–Kier alpha value is -3.29. The molecule has 0 spiro atoms. The number of carbonyl (C=O) groups is 2. The lowest BCUT2D eigenvalue weighted by Gasteiger charge is -2.09. The van der Waals surface area contributed by atoms with Crippen molar-refractivity contribution < 1.29 is 37.1 Å². The number of nitriles is 1. The fourth-order valence-electron chi connectivity index (χ4n) is 1.62. The van der Waals surface area contributed by atoms with E-state index in [4.69, 9.17) is 14.8 Å². The maximum atomic E-state index is 12.6. The molecule has 1 atom stereocenters. The van der Waals surface area contributed by atoms with Gasteiger partial charge in [0, 0.05) is 0 Å². The minimum atomic E-state index is -4.48. The molecule has 0 aliphatic rings. The number of rotatable bonds is 8. The quantitative estimate of drug-likeness (QED) is 0.417. The number of halogens is 3. The van der Waals surface area contributed by atoms with E-state index in [0.717, 1.165) is 18.3 Å². The number of amides is 2. The number of benzene rings is 1. The highest BCUT2D eigenvalue weighted by Crippen LogP contribution is 2.31. The molecule has 0 heterocycles. The number of hydrogen-bond donors (Lipinski definition) is 1. The average molecular weight is 387 g/mol. The van der Waals surface area contributed by atoms with E-state index in [1.54, 1.807) is 13.0 Å². The summed E-state index contributed by atoms with van der Waals surface area (Å²) < 4.78 is 47.3. The van der Waals surface area contributed by atoms with Crippen LogP contribution in [0.15, 0.2) is 29.4 Å². The van der Waals surface area contributed by atoms with Gasteiger partial charge in [-0.3, -0.25) is 10.1 Å². The van der Waals surface area contributed by atoms with Crippen LogP contribution in [0.25, 0.3) is 0 Å².